The number of carbonyl (C=O) groups is 1. The Bertz CT molecular complexity index is 1030. The van der Waals surface area contributed by atoms with E-state index >= 15 is 4.39 Å². The average Bonchev–Trinajstić information content (AvgIpc) is 3.28. The van der Waals surface area contributed by atoms with E-state index < -0.39 is 21.0 Å². The summed E-state index contributed by atoms with van der Waals surface area (Å²) in [5.74, 6) is 0.308. The van der Waals surface area contributed by atoms with Gasteiger partial charge >= 0.3 is 0 Å². The molecule has 1 saturated heterocycles. The number of likely N-dealkylation sites (tertiary alicyclic amines) is 1. The lowest BCUT2D eigenvalue weighted by atomic mass is 10.0. The van der Waals surface area contributed by atoms with Crippen molar-refractivity contribution in [1.29, 1.82) is 0 Å². The number of rotatable bonds is 5. The number of piperidine rings is 1. The van der Waals surface area contributed by atoms with E-state index in [1.54, 1.807) is 42.3 Å². The second kappa shape index (κ2) is 7.05. The first-order chi connectivity index (χ1) is 13.4. The standard InChI is InChI=1S/C21H20FNO4S/c1-27-16-9-7-14(8-10-16)13-23-19-12-15(21(23)24)11-18(19)20(22)28(25,26)17-5-3-2-4-6-17/h2-10,15,19H,11-13H2,1H3. The Hall–Kier alpha value is -2.67. The molecule has 0 spiro atoms. The van der Waals surface area contributed by atoms with Gasteiger partial charge in [0, 0.05) is 18.0 Å². The molecule has 146 valence electrons. The van der Waals surface area contributed by atoms with Gasteiger partial charge in [-0.3, -0.25) is 4.79 Å². The normalized spacial score (nSPS) is 23.2. The number of hydrogen-bond acceptors (Lipinski definition) is 4. The minimum atomic E-state index is -4.21. The van der Waals surface area contributed by atoms with Crippen LogP contribution in [0.3, 0.4) is 0 Å². The van der Waals surface area contributed by atoms with Crippen molar-refractivity contribution < 1.29 is 22.3 Å². The fourth-order valence-corrected chi connectivity index (χ4v) is 5.28. The molecule has 0 N–H and O–H groups in total. The summed E-state index contributed by atoms with van der Waals surface area (Å²) in [4.78, 5) is 14.1. The summed E-state index contributed by atoms with van der Waals surface area (Å²) in [6, 6.07) is 14.3. The van der Waals surface area contributed by atoms with Gasteiger partial charge in [-0.1, -0.05) is 30.3 Å². The SMILES string of the molecule is COc1ccc(CN2C(=O)C3CC(=C(F)S(=O)(=O)c4ccccc4)C2C3)cc1. The van der Waals surface area contributed by atoms with Gasteiger partial charge in [0.25, 0.3) is 0 Å². The zero-order valence-electron chi connectivity index (χ0n) is 15.3. The first-order valence-corrected chi connectivity index (χ1v) is 10.5. The smallest absolute Gasteiger partial charge is 0.233 e. The molecule has 28 heavy (non-hydrogen) atoms. The van der Waals surface area contributed by atoms with Crippen LogP contribution in [-0.2, 0) is 21.2 Å². The van der Waals surface area contributed by atoms with Crippen LogP contribution >= 0.6 is 0 Å². The third kappa shape index (κ3) is 3.09. The zero-order valence-corrected chi connectivity index (χ0v) is 16.2. The molecule has 1 saturated carbocycles. The summed E-state index contributed by atoms with van der Waals surface area (Å²) in [7, 11) is -2.63. The zero-order chi connectivity index (χ0) is 19.9. The molecule has 1 aliphatic carbocycles. The van der Waals surface area contributed by atoms with Gasteiger partial charge in [0.05, 0.1) is 18.0 Å². The van der Waals surface area contributed by atoms with Gasteiger partial charge in [0.2, 0.25) is 20.9 Å². The summed E-state index contributed by atoms with van der Waals surface area (Å²) in [6.07, 6.45) is 0.628. The number of fused-ring (bicyclic) bond motifs is 2. The topological polar surface area (TPSA) is 63.7 Å². The van der Waals surface area contributed by atoms with Gasteiger partial charge < -0.3 is 9.64 Å². The fourth-order valence-electron chi connectivity index (χ4n) is 3.99. The van der Waals surface area contributed by atoms with Crippen LogP contribution in [0.15, 0.2) is 70.2 Å². The third-order valence-corrected chi connectivity index (χ3v) is 7.07. The number of amides is 1. The van der Waals surface area contributed by atoms with Gasteiger partial charge in [0.15, 0.2) is 0 Å². The summed E-state index contributed by atoms with van der Waals surface area (Å²) >= 11 is 0. The first-order valence-electron chi connectivity index (χ1n) is 9.04. The number of benzene rings is 2. The van der Waals surface area contributed by atoms with Crippen molar-refractivity contribution >= 4 is 15.7 Å². The predicted molar refractivity (Wildman–Crippen MR) is 102 cm³/mol. The number of hydrogen-bond donors (Lipinski definition) is 0. The van der Waals surface area contributed by atoms with Crippen LogP contribution in [0.1, 0.15) is 18.4 Å². The van der Waals surface area contributed by atoms with Crippen molar-refractivity contribution in [3.63, 3.8) is 0 Å². The summed E-state index contributed by atoms with van der Waals surface area (Å²) < 4.78 is 45.6. The van der Waals surface area contributed by atoms with E-state index in [-0.39, 0.29) is 28.7 Å². The summed E-state index contributed by atoms with van der Waals surface area (Å²) in [5, 5.41) is -1.11. The number of sulfone groups is 1. The number of carbonyl (C=O) groups excluding carboxylic acids is 1. The Morgan fingerprint density at radius 1 is 1.14 bits per heavy atom. The van der Waals surface area contributed by atoms with Crippen LogP contribution < -0.4 is 4.74 Å². The van der Waals surface area contributed by atoms with Gasteiger partial charge in [-0.15, -0.1) is 0 Å². The summed E-state index contributed by atoms with van der Waals surface area (Å²) in [6.45, 7) is 0.312. The Kier molecular flexibility index (Phi) is 4.71. The van der Waals surface area contributed by atoms with Crippen LogP contribution in [0.25, 0.3) is 0 Å². The molecule has 2 fully saturated rings. The van der Waals surface area contributed by atoms with Crippen LogP contribution in [0.4, 0.5) is 4.39 Å². The maximum atomic E-state index is 15.1. The van der Waals surface area contributed by atoms with Crippen LogP contribution in [0.2, 0.25) is 0 Å². The Labute approximate surface area is 163 Å². The highest BCUT2D eigenvalue weighted by molar-refractivity contribution is 7.95. The maximum Gasteiger partial charge on any atom is 0.233 e. The second-order valence-electron chi connectivity index (χ2n) is 7.08. The van der Waals surface area contributed by atoms with Gasteiger partial charge in [0.1, 0.15) is 5.75 Å². The van der Waals surface area contributed by atoms with E-state index in [2.05, 4.69) is 0 Å². The van der Waals surface area contributed by atoms with Gasteiger partial charge in [-0.25, -0.2) is 8.42 Å². The van der Waals surface area contributed by atoms with E-state index in [0.717, 1.165) is 5.56 Å². The first kappa shape index (κ1) is 18.7. The lowest BCUT2D eigenvalue weighted by Gasteiger charge is -2.29. The maximum absolute atomic E-state index is 15.1. The quantitative estimate of drug-likeness (QED) is 0.770. The minimum absolute atomic E-state index is 0.0468. The van der Waals surface area contributed by atoms with E-state index in [9.17, 15) is 13.2 Å². The number of halogens is 1. The highest BCUT2D eigenvalue weighted by Crippen LogP contribution is 2.46. The molecule has 4 rings (SSSR count). The number of methoxy groups -OCH3 is 1. The second-order valence-corrected chi connectivity index (χ2v) is 8.92. The van der Waals surface area contributed by atoms with E-state index in [1.807, 2.05) is 12.1 Å². The van der Waals surface area contributed by atoms with Crippen LogP contribution in [0.5, 0.6) is 5.75 Å². The Morgan fingerprint density at radius 2 is 1.82 bits per heavy atom. The molecule has 7 heteroatoms. The van der Waals surface area contributed by atoms with Crippen molar-refractivity contribution in [2.24, 2.45) is 5.92 Å². The Morgan fingerprint density at radius 3 is 2.43 bits per heavy atom. The van der Waals surface area contributed by atoms with Crippen molar-refractivity contribution in [2.75, 3.05) is 7.11 Å². The van der Waals surface area contributed by atoms with Crippen LogP contribution in [-0.4, -0.2) is 32.4 Å². The van der Waals surface area contributed by atoms with E-state index in [4.69, 9.17) is 4.74 Å². The highest BCUT2D eigenvalue weighted by atomic mass is 32.2. The number of nitrogens with zero attached hydrogens (tertiary/aromatic N) is 1. The van der Waals surface area contributed by atoms with Crippen molar-refractivity contribution in [3.05, 3.63) is 70.9 Å². The van der Waals surface area contributed by atoms with Crippen molar-refractivity contribution in [3.8, 4) is 5.75 Å². The molecule has 0 radical (unpaired) electrons. The van der Waals surface area contributed by atoms with Crippen molar-refractivity contribution in [2.45, 2.75) is 30.3 Å². The molecule has 1 heterocycles. The number of ether oxygens (including phenoxy) is 1. The minimum Gasteiger partial charge on any atom is -0.497 e. The molecule has 1 aliphatic heterocycles. The highest BCUT2D eigenvalue weighted by Gasteiger charge is 2.50. The molecule has 1 amide bonds. The molecule has 2 atom stereocenters. The molecule has 0 aromatic heterocycles. The fraction of sp³-hybridized carbons (Fsp3) is 0.286. The van der Waals surface area contributed by atoms with Gasteiger partial charge in [-0.2, -0.15) is 4.39 Å². The lowest BCUT2D eigenvalue weighted by molar-refractivity contribution is -0.133. The molecule has 5 nitrogen and oxygen atoms in total. The largest absolute Gasteiger partial charge is 0.497 e. The molecule has 2 unspecified atom stereocenters. The molecule has 2 bridgehead atoms. The molecule has 2 aromatic rings. The predicted octanol–water partition coefficient (Wildman–Crippen LogP) is 3.47. The molecule has 2 aliphatic rings. The molecular weight excluding hydrogens is 381 g/mol. The van der Waals surface area contributed by atoms with E-state index in [0.29, 0.717) is 18.7 Å². The molecule has 2 aromatic carbocycles. The lowest BCUT2D eigenvalue weighted by Crippen LogP contribution is -2.38. The monoisotopic (exact) mass is 401 g/mol. The average molecular weight is 401 g/mol. The van der Waals surface area contributed by atoms with E-state index in [1.165, 1.54) is 12.1 Å². The third-order valence-electron chi connectivity index (χ3n) is 5.44. The Balaban J connectivity index is 1.64. The molecular formula is C21H20FNO4S. The van der Waals surface area contributed by atoms with Crippen molar-refractivity contribution in [1.82, 2.24) is 4.90 Å². The van der Waals surface area contributed by atoms with Crippen LogP contribution in [0, 0.1) is 5.92 Å². The summed E-state index contributed by atoms with van der Waals surface area (Å²) in [5.41, 5.74) is 1.09. The van der Waals surface area contributed by atoms with Gasteiger partial charge in [-0.05, 0) is 42.7 Å².